The molecule has 0 N–H and O–H groups in total. The molecule has 6 heteroatoms. The molecule has 0 radical (unpaired) electrons. The standard InChI is InChI=1S/C10H21ClO3S2/c1-4-6-9-16(8-5-2,10-7-11)14-15(3,12)13/h5H,2,4,6-10H2,1,3H3. The van der Waals surface area contributed by atoms with Crippen molar-refractivity contribution in [2.24, 2.45) is 0 Å². The summed E-state index contributed by atoms with van der Waals surface area (Å²) in [6.45, 7) is 5.74. The maximum atomic E-state index is 11.3. The van der Waals surface area contributed by atoms with Crippen LogP contribution in [-0.2, 0) is 13.7 Å². The number of hydrogen-bond acceptors (Lipinski definition) is 3. The van der Waals surface area contributed by atoms with Crippen LogP contribution in [0.4, 0.5) is 0 Å². The summed E-state index contributed by atoms with van der Waals surface area (Å²) in [5, 5.41) is 0. The summed E-state index contributed by atoms with van der Waals surface area (Å²) in [7, 11) is -5.08. The fourth-order valence-electron chi connectivity index (χ4n) is 1.39. The summed E-state index contributed by atoms with van der Waals surface area (Å²) in [5.74, 6) is 2.39. The quantitative estimate of drug-likeness (QED) is 0.484. The van der Waals surface area contributed by atoms with Crippen molar-refractivity contribution < 1.29 is 12.0 Å². The molecule has 0 saturated carbocycles. The lowest BCUT2D eigenvalue weighted by Gasteiger charge is -2.36. The fraction of sp³-hybridized carbons (Fsp3) is 0.800. The van der Waals surface area contributed by atoms with Gasteiger partial charge in [0.1, 0.15) is 0 Å². The van der Waals surface area contributed by atoms with Gasteiger partial charge in [0.15, 0.2) is 0 Å². The van der Waals surface area contributed by atoms with E-state index < -0.39 is 20.4 Å². The molecule has 0 aliphatic heterocycles. The van der Waals surface area contributed by atoms with Gasteiger partial charge in [0.25, 0.3) is 10.1 Å². The van der Waals surface area contributed by atoms with E-state index in [4.69, 9.17) is 15.2 Å². The van der Waals surface area contributed by atoms with Crippen molar-refractivity contribution in [3.05, 3.63) is 12.7 Å². The second kappa shape index (κ2) is 7.58. The van der Waals surface area contributed by atoms with E-state index in [-0.39, 0.29) is 0 Å². The monoisotopic (exact) mass is 288 g/mol. The van der Waals surface area contributed by atoms with Crippen LogP contribution in [0.15, 0.2) is 12.7 Å². The first kappa shape index (κ1) is 16.3. The molecule has 0 aromatic carbocycles. The molecule has 0 amide bonds. The zero-order valence-corrected chi connectivity index (χ0v) is 12.3. The average Bonchev–Trinajstić information content (AvgIpc) is 2.13. The summed E-state index contributed by atoms with van der Waals surface area (Å²) >= 11 is 5.74. The number of halogens is 1. The highest BCUT2D eigenvalue weighted by Crippen LogP contribution is 2.51. The highest BCUT2D eigenvalue weighted by atomic mass is 35.5. The van der Waals surface area contributed by atoms with Crippen molar-refractivity contribution in [1.29, 1.82) is 0 Å². The van der Waals surface area contributed by atoms with Gasteiger partial charge in [0.05, 0.1) is 6.26 Å². The predicted octanol–water partition coefficient (Wildman–Crippen LogP) is 2.91. The van der Waals surface area contributed by atoms with Gasteiger partial charge in [-0.1, -0.05) is 19.4 Å². The summed E-state index contributed by atoms with van der Waals surface area (Å²) in [4.78, 5) is 0. The van der Waals surface area contributed by atoms with Gasteiger partial charge in [-0.15, -0.1) is 28.5 Å². The normalized spacial score (nSPS) is 17.7. The van der Waals surface area contributed by atoms with Crippen LogP contribution in [0.3, 0.4) is 0 Å². The Kier molecular flexibility index (Phi) is 7.72. The highest BCUT2D eigenvalue weighted by molar-refractivity contribution is 8.33. The van der Waals surface area contributed by atoms with Gasteiger partial charge < -0.3 is 0 Å². The van der Waals surface area contributed by atoms with E-state index in [2.05, 4.69) is 13.5 Å². The summed E-state index contributed by atoms with van der Waals surface area (Å²) in [5.41, 5.74) is 0. The maximum absolute atomic E-state index is 11.3. The Balaban J connectivity index is 4.83. The molecule has 1 unspecified atom stereocenters. The molecule has 0 bridgehead atoms. The predicted molar refractivity (Wildman–Crippen MR) is 73.9 cm³/mol. The van der Waals surface area contributed by atoms with Gasteiger partial charge >= 0.3 is 0 Å². The lowest BCUT2D eigenvalue weighted by atomic mass is 10.4. The van der Waals surface area contributed by atoms with Crippen LogP contribution in [0.25, 0.3) is 0 Å². The SMILES string of the molecule is C=CCS(CCCl)(CCCC)OS(C)(=O)=O. The molecule has 0 rings (SSSR count). The van der Waals surface area contributed by atoms with E-state index in [0.29, 0.717) is 17.4 Å². The third-order valence-electron chi connectivity index (χ3n) is 2.01. The third-order valence-corrected chi connectivity index (χ3v) is 7.39. The molecule has 0 aliphatic rings. The molecule has 0 aliphatic carbocycles. The average molecular weight is 289 g/mol. The molecule has 0 aromatic rings. The van der Waals surface area contributed by atoms with Crippen LogP contribution in [0.1, 0.15) is 19.8 Å². The highest BCUT2D eigenvalue weighted by Gasteiger charge is 2.27. The van der Waals surface area contributed by atoms with Crippen molar-refractivity contribution in [1.82, 2.24) is 0 Å². The Morgan fingerprint density at radius 3 is 2.38 bits per heavy atom. The minimum atomic E-state index is -3.43. The fourth-order valence-corrected chi connectivity index (χ4v) is 7.16. The van der Waals surface area contributed by atoms with Crippen LogP contribution in [0.2, 0.25) is 0 Å². The lowest BCUT2D eigenvalue weighted by Crippen LogP contribution is -2.20. The Labute approximate surface area is 106 Å². The molecule has 1 atom stereocenters. The van der Waals surface area contributed by atoms with Gasteiger partial charge in [0, 0.05) is 23.1 Å². The Morgan fingerprint density at radius 1 is 1.38 bits per heavy atom. The summed E-state index contributed by atoms with van der Waals surface area (Å²) in [6.07, 6.45) is 4.79. The van der Waals surface area contributed by atoms with Crippen LogP contribution >= 0.6 is 21.9 Å². The molecule has 0 heterocycles. The Hall–Kier alpha value is 0.290. The number of rotatable bonds is 9. The van der Waals surface area contributed by atoms with Gasteiger partial charge in [-0.2, -0.15) is 8.42 Å². The van der Waals surface area contributed by atoms with E-state index in [1.165, 1.54) is 0 Å². The van der Waals surface area contributed by atoms with Gasteiger partial charge in [-0.05, 0) is 6.42 Å². The molecule has 98 valence electrons. The van der Waals surface area contributed by atoms with Gasteiger partial charge in [-0.25, -0.2) is 3.63 Å². The smallest absolute Gasteiger partial charge is 0.220 e. The molecular weight excluding hydrogens is 268 g/mol. The van der Waals surface area contributed by atoms with Gasteiger partial charge in [0.2, 0.25) is 0 Å². The molecule has 0 spiro atoms. The maximum Gasteiger partial charge on any atom is 0.273 e. The molecule has 0 fully saturated rings. The molecule has 3 nitrogen and oxygen atoms in total. The zero-order chi connectivity index (χ0) is 12.7. The second-order valence-electron chi connectivity index (χ2n) is 3.64. The van der Waals surface area contributed by atoms with Crippen LogP contribution < -0.4 is 0 Å². The molecular formula is C10H21ClO3S2. The van der Waals surface area contributed by atoms with Crippen molar-refractivity contribution in [3.8, 4) is 0 Å². The van der Waals surface area contributed by atoms with E-state index in [1.807, 2.05) is 0 Å². The number of alkyl halides is 1. The van der Waals surface area contributed by atoms with Crippen molar-refractivity contribution in [2.75, 3.05) is 29.4 Å². The third kappa shape index (κ3) is 6.78. The van der Waals surface area contributed by atoms with Crippen molar-refractivity contribution in [3.63, 3.8) is 0 Å². The minimum Gasteiger partial charge on any atom is -0.220 e. The first-order valence-corrected chi connectivity index (χ1v) is 9.65. The Morgan fingerprint density at radius 2 is 2.00 bits per heavy atom. The molecule has 0 saturated heterocycles. The van der Waals surface area contributed by atoms with Gasteiger partial charge in [-0.3, -0.25) is 0 Å². The van der Waals surface area contributed by atoms with E-state index in [9.17, 15) is 8.42 Å². The van der Waals surface area contributed by atoms with Crippen molar-refractivity contribution >= 4 is 32.0 Å². The largest absolute Gasteiger partial charge is 0.273 e. The van der Waals surface area contributed by atoms with E-state index in [1.54, 1.807) is 6.08 Å². The first-order chi connectivity index (χ1) is 7.39. The van der Waals surface area contributed by atoms with Crippen LogP contribution in [-0.4, -0.2) is 37.8 Å². The molecule has 0 aromatic heterocycles. The van der Waals surface area contributed by atoms with Crippen molar-refractivity contribution in [2.45, 2.75) is 19.8 Å². The molecule has 16 heavy (non-hydrogen) atoms. The zero-order valence-electron chi connectivity index (χ0n) is 9.95. The topological polar surface area (TPSA) is 43.4 Å². The Bertz CT molecular complexity index is 303. The van der Waals surface area contributed by atoms with Crippen LogP contribution in [0.5, 0.6) is 0 Å². The second-order valence-corrected chi connectivity index (χ2v) is 9.06. The van der Waals surface area contributed by atoms with E-state index >= 15 is 0 Å². The van der Waals surface area contributed by atoms with Crippen LogP contribution in [0, 0.1) is 0 Å². The number of hydrogen-bond donors (Lipinski definition) is 0. The minimum absolute atomic E-state index is 0.419. The summed E-state index contributed by atoms with van der Waals surface area (Å²) in [6, 6.07) is 0. The summed E-state index contributed by atoms with van der Waals surface area (Å²) < 4.78 is 27.9. The number of unbranched alkanes of at least 4 members (excludes halogenated alkanes) is 1. The lowest BCUT2D eigenvalue weighted by molar-refractivity contribution is 0.516. The first-order valence-electron chi connectivity index (χ1n) is 5.23. The van der Waals surface area contributed by atoms with E-state index in [0.717, 1.165) is 24.9 Å².